The second-order valence-corrected chi connectivity index (χ2v) is 4.32. The van der Waals surface area contributed by atoms with Crippen LogP contribution in [0, 0.1) is 0 Å². The van der Waals surface area contributed by atoms with E-state index in [1.54, 1.807) is 6.33 Å². The fourth-order valence-corrected chi connectivity index (χ4v) is 2.16. The van der Waals surface area contributed by atoms with E-state index in [0.29, 0.717) is 6.54 Å². The second kappa shape index (κ2) is 4.27. The molecule has 1 aromatic carbocycles. The van der Waals surface area contributed by atoms with Gasteiger partial charge in [0.05, 0.1) is 28.7 Å². The largest absolute Gasteiger partial charge is 0.345 e. The lowest BCUT2D eigenvalue weighted by Gasteiger charge is -2.01. The van der Waals surface area contributed by atoms with Gasteiger partial charge in [0.15, 0.2) is 0 Å². The summed E-state index contributed by atoms with van der Waals surface area (Å²) in [6, 6.07) is 8.25. The SMILES string of the molecule is Cn1nc(CCN)cc1-c1ccc2nc[nH]c2c1. The quantitative estimate of drug-likeness (QED) is 0.729. The molecule has 0 bridgehead atoms. The van der Waals surface area contributed by atoms with Gasteiger partial charge in [-0.1, -0.05) is 6.07 Å². The van der Waals surface area contributed by atoms with Gasteiger partial charge in [0.2, 0.25) is 0 Å². The van der Waals surface area contributed by atoms with Crippen molar-refractivity contribution in [1.82, 2.24) is 19.7 Å². The monoisotopic (exact) mass is 241 g/mol. The van der Waals surface area contributed by atoms with Gasteiger partial charge >= 0.3 is 0 Å². The molecule has 3 N–H and O–H groups in total. The molecule has 92 valence electrons. The molecule has 0 aliphatic heterocycles. The predicted molar refractivity (Wildman–Crippen MR) is 71.1 cm³/mol. The van der Waals surface area contributed by atoms with Crippen LogP contribution >= 0.6 is 0 Å². The zero-order valence-corrected chi connectivity index (χ0v) is 10.2. The van der Waals surface area contributed by atoms with Crippen molar-refractivity contribution in [3.8, 4) is 11.3 Å². The summed E-state index contributed by atoms with van der Waals surface area (Å²) < 4.78 is 1.89. The molecular weight excluding hydrogens is 226 g/mol. The fraction of sp³-hybridized carbons (Fsp3) is 0.231. The summed E-state index contributed by atoms with van der Waals surface area (Å²) in [4.78, 5) is 7.34. The van der Waals surface area contributed by atoms with Crippen LogP contribution in [0.25, 0.3) is 22.3 Å². The number of nitrogens with two attached hydrogens (primary N) is 1. The number of hydrogen-bond acceptors (Lipinski definition) is 3. The standard InChI is InChI=1S/C13H15N5/c1-18-13(7-10(17-18)4-5-14)9-2-3-11-12(6-9)16-8-15-11/h2-3,6-8H,4-5,14H2,1H3,(H,15,16). The Morgan fingerprint density at radius 2 is 2.22 bits per heavy atom. The van der Waals surface area contributed by atoms with Gasteiger partial charge in [-0.25, -0.2) is 4.98 Å². The maximum atomic E-state index is 5.56. The van der Waals surface area contributed by atoms with Gasteiger partial charge < -0.3 is 10.7 Å². The van der Waals surface area contributed by atoms with Crippen molar-refractivity contribution in [2.45, 2.75) is 6.42 Å². The number of imidazole rings is 1. The Morgan fingerprint density at radius 1 is 1.33 bits per heavy atom. The summed E-state index contributed by atoms with van der Waals surface area (Å²) in [5.74, 6) is 0. The van der Waals surface area contributed by atoms with Crippen molar-refractivity contribution in [3.05, 3.63) is 36.3 Å². The third-order valence-corrected chi connectivity index (χ3v) is 3.05. The van der Waals surface area contributed by atoms with Crippen LogP contribution in [0.3, 0.4) is 0 Å². The van der Waals surface area contributed by atoms with Gasteiger partial charge in [0.25, 0.3) is 0 Å². The van der Waals surface area contributed by atoms with Crippen LogP contribution < -0.4 is 5.73 Å². The highest BCUT2D eigenvalue weighted by molar-refractivity contribution is 5.80. The molecule has 5 heteroatoms. The average Bonchev–Trinajstić information content (AvgIpc) is 2.95. The number of aromatic nitrogens is 4. The van der Waals surface area contributed by atoms with E-state index >= 15 is 0 Å². The third-order valence-electron chi connectivity index (χ3n) is 3.05. The minimum Gasteiger partial charge on any atom is -0.345 e. The highest BCUT2D eigenvalue weighted by atomic mass is 15.3. The fourth-order valence-electron chi connectivity index (χ4n) is 2.16. The Morgan fingerprint density at radius 3 is 3.06 bits per heavy atom. The number of nitrogens with one attached hydrogen (secondary N) is 1. The molecule has 0 unspecified atom stereocenters. The molecule has 0 aliphatic carbocycles. The number of fused-ring (bicyclic) bond motifs is 1. The number of rotatable bonds is 3. The Kier molecular flexibility index (Phi) is 2.60. The molecule has 0 amide bonds. The van der Waals surface area contributed by atoms with Gasteiger partial charge in [0.1, 0.15) is 0 Å². The molecule has 3 rings (SSSR count). The first kappa shape index (κ1) is 11.0. The number of H-pyrrole nitrogens is 1. The lowest BCUT2D eigenvalue weighted by Crippen LogP contribution is -2.03. The molecule has 2 heterocycles. The molecule has 3 aromatic rings. The summed E-state index contributed by atoms with van der Waals surface area (Å²) >= 11 is 0. The van der Waals surface area contributed by atoms with Crippen LogP contribution in [-0.4, -0.2) is 26.3 Å². The van der Waals surface area contributed by atoms with Gasteiger partial charge in [-0.3, -0.25) is 4.68 Å². The summed E-state index contributed by atoms with van der Waals surface area (Å²) in [5, 5.41) is 4.46. The maximum absolute atomic E-state index is 5.56. The first-order valence-electron chi connectivity index (χ1n) is 5.94. The zero-order chi connectivity index (χ0) is 12.5. The molecule has 0 saturated carbocycles. The van der Waals surface area contributed by atoms with Crippen molar-refractivity contribution in [2.24, 2.45) is 12.8 Å². The Balaban J connectivity index is 2.07. The minimum atomic E-state index is 0.621. The molecule has 0 atom stereocenters. The minimum absolute atomic E-state index is 0.621. The molecule has 18 heavy (non-hydrogen) atoms. The van der Waals surface area contributed by atoms with E-state index in [-0.39, 0.29) is 0 Å². The maximum Gasteiger partial charge on any atom is 0.0931 e. The van der Waals surface area contributed by atoms with Crippen LogP contribution in [0.1, 0.15) is 5.69 Å². The molecule has 5 nitrogen and oxygen atoms in total. The topological polar surface area (TPSA) is 72.5 Å². The van der Waals surface area contributed by atoms with Crippen LogP contribution in [0.15, 0.2) is 30.6 Å². The molecule has 0 spiro atoms. The van der Waals surface area contributed by atoms with Crippen LogP contribution in [0.5, 0.6) is 0 Å². The highest BCUT2D eigenvalue weighted by Gasteiger charge is 2.08. The van der Waals surface area contributed by atoms with E-state index in [9.17, 15) is 0 Å². The van der Waals surface area contributed by atoms with Crippen LogP contribution in [-0.2, 0) is 13.5 Å². The zero-order valence-electron chi connectivity index (χ0n) is 10.2. The van der Waals surface area contributed by atoms with E-state index in [2.05, 4.69) is 33.3 Å². The van der Waals surface area contributed by atoms with E-state index < -0.39 is 0 Å². The number of aryl methyl sites for hydroxylation is 1. The van der Waals surface area contributed by atoms with Crippen LogP contribution in [0.4, 0.5) is 0 Å². The Labute approximate surface area is 105 Å². The Bertz CT molecular complexity index is 680. The van der Waals surface area contributed by atoms with E-state index in [4.69, 9.17) is 5.73 Å². The molecular formula is C13H15N5. The van der Waals surface area contributed by atoms with E-state index in [1.165, 1.54) is 0 Å². The summed E-state index contributed by atoms with van der Waals surface area (Å²) in [6.45, 7) is 0.621. The summed E-state index contributed by atoms with van der Waals surface area (Å²) in [7, 11) is 1.95. The first-order valence-corrected chi connectivity index (χ1v) is 5.94. The number of nitrogens with zero attached hydrogens (tertiary/aromatic N) is 3. The number of benzene rings is 1. The van der Waals surface area contributed by atoms with Crippen molar-refractivity contribution < 1.29 is 0 Å². The van der Waals surface area contributed by atoms with E-state index in [1.807, 2.05) is 17.8 Å². The van der Waals surface area contributed by atoms with Gasteiger partial charge in [0, 0.05) is 19.0 Å². The lowest BCUT2D eigenvalue weighted by atomic mass is 10.1. The molecule has 0 radical (unpaired) electrons. The number of aromatic amines is 1. The molecule has 2 aromatic heterocycles. The van der Waals surface area contributed by atoms with Crippen molar-refractivity contribution in [3.63, 3.8) is 0 Å². The highest BCUT2D eigenvalue weighted by Crippen LogP contribution is 2.23. The second-order valence-electron chi connectivity index (χ2n) is 4.32. The van der Waals surface area contributed by atoms with Gasteiger partial charge in [-0.15, -0.1) is 0 Å². The van der Waals surface area contributed by atoms with E-state index in [0.717, 1.165) is 34.4 Å². The first-order chi connectivity index (χ1) is 8.78. The summed E-state index contributed by atoms with van der Waals surface area (Å²) in [6.07, 6.45) is 2.51. The molecule has 0 fully saturated rings. The summed E-state index contributed by atoms with van der Waals surface area (Å²) in [5.41, 5.74) is 10.8. The smallest absolute Gasteiger partial charge is 0.0931 e. The number of hydrogen-bond donors (Lipinski definition) is 2. The average molecular weight is 241 g/mol. The predicted octanol–water partition coefficient (Wildman–Crippen LogP) is 1.46. The lowest BCUT2D eigenvalue weighted by molar-refractivity contribution is 0.745. The van der Waals surface area contributed by atoms with Crippen LogP contribution in [0.2, 0.25) is 0 Å². The van der Waals surface area contributed by atoms with Crippen molar-refractivity contribution >= 4 is 11.0 Å². The van der Waals surface area contributed by atoms with Gasteiger partial charge in [-0.2, -0.15) is 5.10 Å². The molecule has 0 saturated heterocycles. The normalized spacial score (nSPS) is 11.2. The Hall–Kier alpha value is -2.14. The third kappa shape index (κ3) is 1.78. The van der Waals surface area contributed by atoms with Gasteiger partial charge in [-0.05, 0) is 24.7 Å². The van der Waals surface area contributed by atoms with Crippen molar-refractivity contribution in [1.29, 1.82) is 0 Å². The molecule has 0 aliphatic rings. The van der Waals surface area contributed by atoms with Crippen molar-refractivity contribution in [2.75, 3.05) is 6.54 Å².